The number of urea groups is 1. The summed E-state index contributed by atoms with van der Waals surface area (Å²) in [6.45, 7) is 3.02. The van der Waals surface area contributed by atoms with E-state index in [0.717, 1.165) is 12.8 Å². The molecule has 11 heteroatoms. The monoisotopic (exact) mass is 443 g/mol. The lowest BCUT2D eigenvalue weighted by molar-refractivity contribution is -0.143. The number of nitrogens with one attached hydrogen (secondary N) is 3. The molecule has 1 saturated heterocycles. The molecule has 3 amide bonds. The largest absolute Gasteiger partial charge is 0.466 e. The normalized spacial score (nSPS) is 14.9. The molecule has 168 valence electrons. The van der Waals surface area contributed by atoms with Crippen LogP contribution in [0.2, 0.25) is 0 Å². The minimum absolute atomic E-state index is 0. The highest BCUT2D eigenvalue weighted by molar-refractivity contribution is 6.02. The van der Waals surface area contributed by atoms with Crippen molar-refractivity contribution in [2.45, 2.75) is 38.6 Å². The number of benzene rings is 1. The molecule has 1 fully saturated rings. The molecular formula is C19H30ClN5O5. The van der Waals surface area contributed by atoms with Crippen LogP contribution in [0.1, 0.15) is 38.2 Å². The number of anilines is 1. The first-order valence-electron chi connectivity index (χ1n) is 9.38. The van der Waals surface area contributed by atoms with Crippen LogP contribution in [0.15, 0.2) is 24.3 Å². The van der Waals surface area contributed by atoms with Crippen LogP contribution in [0.25, 0.3) is 0 Å². The highest BCUT2D eigenvalue weighted by Crippen LogP contribution is 2.22. The van der Waals surface area contributed by atoms with E-state index < -0.39 is 12.1 Å². The third-order valence-electron chi connectivity index (χ3n) is 4.38. The van der Waals surface area contributed by atoms with E-state index in [-0.39, 0.29) is 48.6 Å². The smallest absolute Gasteiger partial charge is 0.315 e. The van der Waals surface area contributed by atoms with Crippen molar-refractivity contribution in [1.82, 2.24) is 10.6 Å². The van der Waals surface area contributed by atoms with E-state index in [1.165, 1.54) is 0 Å². The number of hydrogen-bond acceptors (Lipinski definition) is 5. The third kappa shape index (κ3) is 7.88. The number of amidine groups is 1. The summed E-state index contributed by atoms with van der Waals surface area (Å²) < 4.78 is 5.01. The molecule has 1 heterocycles. The number of rotatable bonds is 9. The SMILES string of the molecule is CCCCOC(=O)CCNC(=O)N[C@H]1CCN(c2ccc(C(=N)N)cc2)C1=O.Cl.O. The predicted octanol–water partition coefficient (Wildman–Crippen LogP) is 0.706. The number of unbranched alkanes of at least 4 members (excludes halogenated alkanes) is 1. The van der Waals surface area contributed by atoms with E-state index >= 15 is 0 Å². The summed E-state index contributed by atoms with van der Waals surface area (Å²) in [7, 11) is 0. The quantitative estimate of drug-likeness (QED) is 0.190. The Kier molecular flexibility index (Phi) is 12.1. The number of nitrogens with zero attached hydrogens (tertiary/aromatic N) is 1. The van der Waals surface area contributed by atoms with Crippen LogP contribution in [0.3, 0.4) is 0 Å². The third-order valence-corrected chi connectivity index (χ3v) is 4.38. The highest BCUT2D eigenvalue weighted by Gasteiger charge is 2.33. The maximum Gasteiger partial charge on any atom is 0.315 e. The molecular weight excluding hydrogens is 414 g/mol. The summed E-state index contributed by atoms with van der Waals surface area (Å²) in [6.07, 6.45) is 2.34. The van der Waals surface area contributed by atoms with Crippen LogP contribution in [0.5, 0.6) is 0 Å². The van der Waals surface area contributed by atoms with Gasteiger partial charge in [-0.05, 0) is 37.1 Å². The van der Waals surface area contributed by atoms with Gasteiger partial charge in [0.05, 0.1) is 13.0 Å². The molecule has 1 aromatic rings. The first-order chi connectivity index (χ1) is 13.4. The average molecular weight is 444 g/mol. The van der Waals surface area contributed by atoms with Crippen molar-refractivity contribution >= 4 is 41.8 Å². The maximum atomic E-state index is 12.5. The number of amides is 3. The molecule has 1 aliphatic heterocycles. The van der Waals surface area contributed by atoms with E-state index in [9.17, 15) is 14.4 Å². The molecule has 0 aromatic heterocycles. The average Bonchev–Trinajstić information content (AvgIpc) is 3.02. The van der Waals surface area contributed by atoms with Gasteiger partial charge in [-0.3, -0.25) is 15.0 Å². The van der Waals surface area contributed by atoms with E-state index in [1.54, 1.807) is 29.2 Å². The van der Waals surface area contributed by atoms with Crippen LogP contribution in [0.4, 0.5) is 10.5 Å². The zero-order chi connectivity index (χ0) is 20.5. The molecule has 0 spiro atoms. The number of carbonyl (C=O) groups is 3. The molecule has 0 radical (unpaired) electrons. The molecule has 1 aliphatic rings. The summed E-state index contributed by atoms with van der Waals surface area (Å²) in [5, 5.41) is 12.6. The van der Waals surface area contributed by atoms with Gasteiger partial charge in [0.25, 0.3) is 0 Å². The number of nitrogens with two attached hydrogens (primary N) is 1. The minimum atomic E-state index is -0.621. The fourth-order valence-electron chi connectivity index (χ4n) is 2.78. The minimum Gasteiger partial charge on any atom is -0.466 e. The van der Waals surface area contributed by atoms with Gasteiger partial charge in [0.1, 0.15) is 11.9 Å². The number of hydrogen-bond donors (Lipinski definition) is 4. The van der Waals surface area contributed by atoms with Crippen molar-refractivity contribution in [3.63, 3.8) is 0 Å². The Morgan fingerprint density at radius 2 is 1.97 bits per heavy atom. The van der Waals surface area contributed by atoms with Crippen molar-refractivity contribution in [3.8, 4) is 0 Å². The Morgan fingerprint density at radius 1 is 1.30 bits per heavy atom. The van der Waals surface area contributed by atoms with E-state index in [0.29, 0.717) is 30.8 Å². The van der Waals surface area contributed by atoms with Gasteiger partial charge in [-0.2, -0.15) is 0 Å². The van der Waals surface area contributed by atoms with Gasteiger partial charge in [-0.15, -0.1) is 12.4 Å². The van der Waals surface area contributed by atoms with Crippen LogP contribution in [-0.2, 0) is 14.3 Å². The molecule has 1 aromatic carbocycles. The van der Waals surface area contributed by atoms with Crippen LogP contribution < -0.4 is 21.3 Å². The van der Waals surface area contributed by atoms with Crippen molar-refractivity contribution in [1.29, 1.82) is 5.41 Å². The van der Waals surface area contributed by atoms with Crippen LogP contribution in [0, 0.1) is 5.41 Å². The second-order valence-electron chi connectivity index (χ2n) is 6.52. The number of halogens is 1. The summed E-state index contributed by atoms with van der Waals surface area (Å²) in [5.41, 5.74) is 6.70. The Bertz CT molecular complexity index is 729. The topological polar surface area (TPSA) is 169 Å². The maximum absolute atomic E-state index is 12.5. The zero-order valence-corrected chi connectivity index (χ0v) is 17.7. The summed E-state index contributed by atoms with van der Waals surface area (Å²) in [6, 6.07) is 5.69. The highest BCUT2D eigenvalue weighted by atomic mass is 35.5. The Morgan fingerprint density at radius 3 is 2.57 bits per heavy atom. The Labute approximate surface area is 181 Å². The van der Waals surface area contributed by atoms with Gasteiger partial charge in [0, 0.05) is 24.3 Å². The standard InChI is InChI=1S/C19H27N5O4.ClH.H2O/c1-2-3-12-28-16(25)8-10-22-19(27)23-15-9-11-24(18(15)26)14-6-4-13(5-7-14)17(20)21;;/h4-7,15H,2-3,8-12H2,1H3,(H3,20,21)(H2,22,23,27);1H;1H2/t15-;;/m0../s1. The lowest BCUT2D eigenvalue weighted by atomic mass is 10.2. The Hall–Kier alpha value is -2.85. The van der Waals surface area contributed by atoms with Gasteiger partial charge >= 0.3 is 12.0 Å². The molecule has 7 N–H and O–H groups in total. The first-order valence-corrected chi connectivity index (χ1v) is 9.38. The number of esters is 1. The van der Waals surface area contributed by atoms with Crippen molar-refractivity contribution in [3.05, 3.63) is 29.8 Å². The fraction of sp³-hybridized carbons (Fsp3) is 0.474. The van der Waals surface area contributed by atoms with Gasteiger partial charge in [0.15, 0.2) is 0 Å². The van der Waals surface area contributed by atoms with Gasteiger partial charge in [0.2, 0.25) is 5.91 Å². The van der Waals surface area contributed by atoms with Crippen molar-refractivity contribution in [2.24, 2.45) is 5.73 Å². The lowest BCUT2D eigenvalue weighted by Gasteiger charge is -2.18. The van der Waals surface area contributed by atoms with Crippen molar-refractivity contribution in [2.75, 3.05) is 24.6 Å². The molecule has 0 unspecified atom stereocenters. The van der Waals surface area contributed by atoms with Gasteiger partial charge in [-0.1, -0.05) is 13.3 Å². The molecule has 1 atom stereocenters. The molecule has 2 rings (SSSR count). The van der Waals surface area contributed by atoms with Crippen LogP contribution in [-0.4, -0.2) is 55.0 Å². The molecule has 30 heavy (non-hydrogen) atoms. The van der Waals surface area contributed by atoms with Crippen LogP contribution >= 0.6 is 12.4 Å². The predicted molar refractivity (Wildman–Crippen MR) is 116 cm³/mol. The van der Waals surface area contributed by atoms with Gasteiger partial charge < -0.3 is 31.5 Å². The summed E-state index contributed by atoms with van der Waals surface area (Å²) in [4.78, 5) is 37.6. The second-order valence-corrected chi connectivity index (χ2v) is 6.52. The second kappa shape index (κ2) is 13.4. The fourth-order valence-corrected chi connectivity index (χ4v) is 2.78. The van der Waals surface area contributed by atoms with E-state index in [2.05, 4.69) is 10.6 Å². The zero-order valence-electron chi connectivity index (χ0n) is 16.9. The molecule has 10 nitrogen and oxygen atoms in total. The van der Waals surface area contributed by atoms with E-state index in [4.69, 9.17) is 15.9 Å². The number of nitrogen functional groups attached to an aromatic ring is 1. The first kappa shape index (κ1) is 27.1. The van der Waals surface area contributed by atoms with Crippen molar-refractivity contribution < 1.29 is 24.6 Å². The molecule has 0 saturated carbocycles. The molecule has 0 aliphatic carbocycles. The number of ether oxygens (including phenoxy) is 1. The summed E-state index contributed by atoms with van der Waals surface area (Å²) >= 11 is 0. The molecule has 0 bridgehead atoms. The Balaban J connectivity index is 0.00000420. The van der Waals surface area contributed by atoms with E-state index in [1.807, 2.05) is 6.92 Å². The lowest BCUT2D eigenvalue weighted by Crippen LogP contribution is -2.46. The number of carbonyl (C=O) groups excluding carboxylic acids is 3. The van der Waals surface area contributed by atoms with Gasteiger partial charge in [-0.25, -0.2) is 4.79 Å². The summed E-state index contributed by atoms with van der Waals surface area (Å²) in [5.74, 6) is -0.597.